The van der Waals surface area contributed by atoms with Crippen molar-refractivity contribution in [1.29, 1.82) is 0 Å². The van der Waals surface area contributed by atoms with Crippen LogP contribution in [-0.2, 0) is 14.3 Å². The number of thioether (sulfide) groups is 1. The van der Waals surface area contributed by atoms with Gasteiger partial charge in [-0.2, -0.15) is 11.8 Å². The highest BCUT2D eigenvalue weighted by Crippen LogP contribution is 2.10. The van der Waals surface area contributed by atoms with E-state index < -0.39 is 29.9 Å². The van der Waals surface area contributed by atoms with Crippen molar-refractivity contribution in [2.24, 2.45) is 5.92 Å². The van der Waals surface area contributed by atoms with E-state index in [1.807, 2.05) is 32.2 Å². The molecule has 0 radical (unpaired) electrons. The van der Waals surface area contributed by atoms with Crippen LogP contribution in [0.5, 0.6) is 0 Å². The Morgan fingerprint density at radius 1 is 1.14 bits per heavy atom. The molecular formula is C20H26N4O4S. The maximum absolute atomic E-state index is 12.8. The summed E-state index contributed by atoms with van der Waals surface area (Å²) < 4.78 is 4.77. The van der Waals surface area contributed by atoms with Gasteiger partial charge in [0.25, 0.3) is 5.91 Å². The molecule has 9 heteroatoms. The zero-order valence-corrected chi connectivity index (χ0v) is 17.8. The quantitative estimate of drug-likeness (QED) is 0.598. The molecule has 0 saturated carbocycles. The van der Waals surface area contributed by atoms with Crippen LogP contribution in [0.3, 0.4) is 0 Å². The molecule has 2 aromatic rings. The molecule has 0 spiro atoms. The number of hydrogen-bond acceptors (Lipinski definition) is 7. The molecule has 0 aliphatic heterocycles. The number of amides is 2. The van der Waals surface area contributed by atoms with Crippen molar-refractivity contribution in [3.8, 4) is 0 Å². The van der Waals surface area contributed by atoms with Crippen LogP contribution in [0.2, 0.25) is 0 Å². The number of nitrogens with one attached hydrogen (secondary N) is 2. The number of methoxy groups -OCH3 is 1. The van der Waals surface area contributed by atoms with Gasteiger partial charge >= 0.3 is 5.97 Å². The van der Waals surface area contributed by atoms with Crippen LogP contribution in [0.4, 0.5) is 0 Å². The van der Waals surface area contributed by atoms with Gasteiger partial charge in [0.2, 0.25) is 5.91 Å². The van der Waals surface area contributed by atoms with E-state index in [-0.39, 0.29) is 11.6 Å². The number of esters is 1. The van der Waals surface area contributed by atoms with Crippen LogP contribution >= 0.6 is 11.8 Å². The van der Waals surface area contributed by atoms with Crippen LogP contribution < -0.4 is 10.6 Å². The highest BCUT2D eigenvalue weighted by molar-refractivity contribution is 7.98. The zero-order valence-electron chi connectivity index (χ0n) is 17.0. The number of carbonyl (C=O) groups excluding carboxylic acids is 3. The Hall–Kier alpha value is -2.68. The molecule has 1 aromatic carbocycles. The van der Waals surface area contributed by atoms with Gasteiger partial charge in [0.15, 0.2) is 0 Å². The molecule has 0 unspecified atom stereocenters. The first-order valence-corrected chi connectivity index (χ1v) is 10.7. The summed E-state index contributed by atoms with van der Waals surface area (Å²) in [4.78, 5) is 45.9. The summed E-state index contributed by atoms with van der Waals surface area (Å²) in [6.07, 6.45) is 3.73. The lowest BCUT2D eigenvalue weighted by Gasteiger charge is -2.24. The van der Waals surface area contributed by atoms with Crippen molar-refractivity contribution in [2.45, 2.75) is 32.4 Å². The normalized spacial score (nSPS) is 13.0. The van der Waals surface area contributed by atoms with Gasteiger partial charge in [-0.1, -0.05) is 26.0 Å². The second-order valence-electron chi connectivity index (χ2n) is 6.80. The minimum Gasteiger partial charge on any atom is -0.467 e. The molecule has 2 atom stereocenters. The minimum atomic E-state index is -0.836. The van der Waals surface area contributed by atoms with E-state index in [2.05, 4.69) is 20.6 Å². The molecule has 1 heterocycles. The predicted octanol–water partition coefficient (Wildman–Crippen LogP) is 1.80. The Morgan fingerprint density at radius 2 is 1.83 bits per heavy atom. The van der Waals surface area contributed by atoms with Gasteiger partial charge in [-0.15, -0.1) is 0 Å². The topological polar surface area (TPSA) is 110 Å². The summed E-state index contributed by atoms with van der Waals surface area (Å²) in [5.74, 6) is -0.979. The second-order valence-corrected chi connectivity index (χ2v) is 7.79. The second kappa shape index (κ2) is 10.8. The highest BCUT2D eigenvalue weighted by Gasteiger charge is 2.29. The van der Waals surface area contributed by atoms with E-state index >= 15 is 0 Å². The summed E-state index contributed by atoms with van der Waals surface area (Å²) in [6, 6.07) is 5.61. The van der Waals surface area contributed by atoms with Crippen molar-refractivity contribution in [3.63, 3.8) is 0 Å². The average molecular weight is 419 g/mol. The number of hydrogen-bond donors (Lipinski definition) is 2. The predicted molar refractivity (Wildman–Crippen MR) is 113 cm³/mol. The molecule has 0 aliphatic carbocycles. The zero-order chi connectivity index (χ0) is 21.4. The maximum Gasteiger partial charge on any atom is 0.328 e. The van der Waals surface area contributed by atoms with Crippen LogP contribution in [-0.4, -0.2) is 59.0 Å². The largest absolute Gasteiger partial charge is 0.467 e. The van der Waals surface area contributed by atoms with E-state index in [0.29, 0.717) is 23.2 Å². The molecule has 2 amide bonds. The van der Waals surface area contributed by atoms with Gasteiger partial charge < -0.3 is 15.4 Å². The Morgan fingerprint density at radius 3 is 2.45 bits per heavy atom. The van der Waals surface area contributed by atoms with Gasteiger partial charge in [0, 0.05) is 0 Å². The van der Waals surface area contributed by atoms with E-state index in [1.54, 1.807) is 23.9 Å². The number of rotatable bonds is 9. The average Bonchev–Trinajstić information content (AvgIpc) is 2.73. The van der Waals surface area contributed by atoms with Gasteiger partial charge in [-0.25, -0.2) is 9.78 Å². The molecule has 0 aliphatic rings. The van der Waals surface area contributed by atoms with Gasteiger partial charge in [-0.3, -0.25) is 14.6 Å². The van der Waals surface area contributed by atoms with Gasteiger partial charge in [-0.05, 0) is 36.5 Å². The van der Waals surface area contributed by atoms with Crippen molar-refractivity contribution >= 4 is 40.6 Å². The van der Waals surface area contributed by atoms with E-state index in [9.17, 15) is 14.4 Å². The van der Waals surface area contributed by atoms with Crippen LogP contribution in [0, 0.1) is 5.92 Å². The number of nitrogens with zero attached hydrogens (tertiary/aromatic N) is 2. The van der Waals surface area contributed by atoms with Crippen LogP contribution in [0.1, 0.15) is 30.8 Å². The molecule has 0 bridgehead atoms. The summed E-state index contributed by atoms with van der Waals surface area (Å²) >= 11 is 1.56. The van der Waals surface area contributed by atoms with Crippen LogP contribution in [0.25, 0.3) is 11.0 Å². The Labute approximate surface area is 174 Å². The number of aromatic nitrogens is 2. The minimum absolute atomic E-state index is 0.119. The summed E-state index contributed by atoms with van der Waals surface area (Å²) in [6.45, 7) is 3.62. The standard InChI is InChI=1S/C20H26N4O4S/c1-12(2)17(19(26)23-15(9-10-29-4)20(27)28-3)24-18(25)16-11-21-13-7-5-6-8-14(13)22-16/h5-8,11-12,15,17H,9-10H2,1-4H3,(H,23,26)(H,24,25)/t15-,17+/m0/s1. The fourth-order valence-corrected chi connectivity index (χ4v) is 3.18. The number of ether oxygens (including phenoxy) is 1. The fourth-order valence-electron chi connectivity index (χ4n) is 2.71. The van der Waals surface area contributed by atoms with Gasteiger partial charge in [0.05, 0.1) is 24.3 Å². The molecule has 156 valence electrons. The van der Waals surface area contributed by atoms with E-state index in [0.717, 1.165) is 0 Å². The van der Waals surface area contributed by atoms with E-state index in [1.165, 1.54) is 13.3 Å². The number of fused-ring (bicyclic) bond motifs is 1. The number of benzene rings is 1. The van der Waals surface area contributed by atoms with Crippen LogP contribution in [0.15, 0.2) is 30.5 Å². The third kappa shape index (κ3) is 6.15. The Kier molecular flexibility index (Phi) is 8.38. The molecule has 1 aromatic heterocycles. The van der Waals surface area contributed by atoms with Crippen molar-refractivity contribution in [1.82, 2.24) is 20.6 Å². The van der Waals surface area contributed by atoms with Crippen molar-refractivity contribution in [3.05, 3.63) is 36.2 Å². The highest BCUT2D eigenvalue weighted by atomic mass is 32.2. The monoisotopic (exact) mass is 418 g/mol. The molecule has 2 N–H and O–H groups in total. The first-order chi connectivity index (χ1) is 13.9. The maximum atomic E-state index is 12.8. The van der Waals surface area contributed by atoms with Crippen molar-refractivity contribution in [2.75, 3.05) is 19.1 Å². The summed E-state index contributed by atoms with van der Waals surface area (Å²) in [7, 11) is 1.28. The summed E-state index contributed by atoms with van der Waals surface area (Å²) in [5, 5.41) is 5.40. The lowest BCUT2D eigenvalue weighted by Crippen LogP contribution is -2.54. The molecular weight excluding hydrogens is 392 g/mol. The summed E-state index contributed by atoms with van der Waals surface area (Å²) in [5.41, 5.74) is 1.39. The molecule has 29 heavy (non-hydrogen) atoms. The third-order valence-electron chi connectivity index (χ3n) is 4.33. The molecule has 0 saturated heterocycles. The first-order valence-electron chi connectivity index (χ1n) is 9.27. The van der Waals surface area contributed by atoms with Gasteiger partial charge in [0.1, 0.15) is 17.8 Å². The Bertz CT molecular complexity index is 874. The molecule has 0 fully saturated rings. The number of carbonyl (C=O) groups is 3. The lowest BCUT2D eigenvalue weighted by atomic mass is 10.0. The molecule has 2 rings (SSSR count). The Balaban J connectivity index is 2.13. The first kappa shape index (κ1) is 22.6. The fraction of sp³-hybridized carbons (Fsp3) is 0.450. The third-order valence-corrected chi connectivity index (χ3v) is 4.97. The molecule has 8 nitrogen and oxygen atoms in total. The van der Waals surface area contributed by atoms with Crippen molar-refractivity contribution < 1.29 is 19.1 Å². The van der Waals surface area contributed by atoms with E-state index in [4.69, 9.17) is 4.74 Å². The number of para-hydroxylation sites is 2. The SMILES string of the molecule is COC(=O)[C@H](CCSC)NC(=O)[C@H](NC(=O)c1cnc2ccccc2n1)C(C)C. The smallest absolute Gasteiger partial charge is 0.328 e. The lowest BCUT2D eigenvalue weighted by molar-refractivity contribution is -0.145.